The number of aromatic nitrogens is 2. The highest BCUT2D eigenvalue weighted by Gasteiger charge is 2.25. The molecule has 1 heterocycles. The van der Waals surface area contributed by atoms with Gasteiger partial charge in [0.2, 0.25) is 5.95 Å². The Hall–Kier alpha value is -3.71. The third-order valence-corrected chi connectivity index (χ3v) is 5.72. The lowest BCUT2D eigenvalue weighted by Crippen LogP contribution is -2.20. The Morgan fingerprint density at radius 3 is 2.69 bits per heavy atom. The van der Waals surface area contributed by atoms with Gasteiger partial charge in [-0.2, -0.15) is 0 Å². The van der Waals surface area contributed by atoms with Crippen molar-refractivity contribution < 1.29 is 9.90 Å². The summed E-state index contributed by atoms with van der Waals surface area (Å²) >= 11 is 6.26. The Morgan fingerprint density at radius 2 is 2.00 bits per heavy atom. The van der Waals surface area contributed by atoms with Gasteiger partial charge in [0.1, 0.15) is 0 Å². The Labute approximate surface area is 190 Å². The summed E-state index contributed by atoms with van der Waals surface area (Å²) < 4.78 is 0. The quantitative estimate of drug-likeness (QED) is 0.492. The number of aromatic carboxylic acids is 1. The molecular formula is C24H22ClN5O2. The monoisotopic (exact) mass is 447 g/mol. The number of hydrogen-bond acceptors (Lipinski definition) is 6. The number of carbonyl (C=O) groups is 1. The van der Waals surface area contributed by atoms with Crippen molar-refractivity contribution in [3.05, 3.63) is 87.3 Å². The summed E-state index contributed by atoms with van der Waals surface area (Å²) in [6.45, 7) is 2.04. The van der Waals surface area contributed by atoms with Crippen LogP contribution in [0.4, 0.5) is 11.6 Å². The molecule has 0 aliphatic heterocycles. The molecular weight excluding hydrogens is 426 g/mol. The number of fused-ring (bicyclic) bond motifs is 1. The summed E-state index contributed by atoms with van der Waals surface area (Å²) in [5.74, 6) is -0.711. The van der Waals surface area contributed by atoms with Crippen LogP contribution in [0.2, 0.25) is 5.02 Å². The Balaban J connectivity index is 1.75. The zero-order valence-corrected chi connectivity index (χ0v) is 18.4. The molecule has 0 atom stereocenters. The number of nitrogens with two attached hydrogens (primary N) is 1. The number of nitrogens with zero attached hydrogens (tertiary/aromatic N) is 3. The van der Waals surface area contributed by atoms with E-state index in [2.05, 4.69) is 15.3 Å². The summed E-state index contributed by atoms with van der Waals surface area (Å²) in [5.41, 5.74) is 13.2. The van der Waals surface area contributed by atoms with E-state index in [1.807, 2.05) is 31.2 Å². The zero-order valence-electron chi connectivity index (χ0n) is 17.7. The van der Waals surface area contributed by atoms with Crippen LogP contribution in [0.5, 0.6) is 0 Å². The molecule has 2 aromatic carbocycles. The summed E-state index contributed by atoms with van der Waals surface area (Å²) in [6, 6.07) is 12.5. The van der Waals surface area contributed by atoms with Crippen LogP contribution in [0.15, 0.2) is 59.4 Å². The fourth-order valence-electron chi connectivity index (χ4n) is 3.75. The lowest BCUT2D eigenvalue weighted by atomic mass is 9.87. The van der Waals surface area contributed by atoms with Crippen molar-refractivity contribution in [3.8, 4) is 0 Å². The molecule has 1 aliphatic carbocycles. The molecule has 4 rings (SSSR count). The minimum atomic E-state index is -1.05. The van der Waals surface area contributed by atoms with E-state index in [1.165, 1.54) is 12.1 Å². The number of rotatable bonds is 5. The molecule has 4 N–H and O–H groups in total. The first-order valence-corrected chi connectivity index (χ1v) is 10.4. The first kappa shape index (κ1) is 21.5. The van der Waals surface area contributed by atoms with Crippen LogP contribution in [0.1, 0.15) is 39.2 Å². The molecule has 1 aromatic heterocycles. The zero-order chi connectivity index (χ0) is 22.8. The van der Waals surface area contributed by atoms with Crippen molar-refractivity contribution in [2.24, 2.45) is 10.7 Å². The maximum atomic E-state index is 11.2. The summed E-state index contributed by atoms with van der Waals surface area (Å²) in [6.07, 6.45) is 3.22. The van der Waals surface area contributed by atoms with E-state index in [-0.39, 0.29) is 10.6 Å². The number of allylic oxidation sites excluding steroid dienone is 2. The van der Waals surface area contributed by atoms with Crippen LogP contribution < -0.4 is 11.1 Å². The van der Waals surface area contributed by atoms with E-state index in [0.29, 0.717) is 18.1 Å². The van der Waals surface area contributed by atoms with Crippen molar-refractivity contribution in [1.29, 1.82) is 0 Å². The molecule has 0 unspecified atom stereocenters. The average molecular weight is 448 g/mol. The summed E-state index contributed by atoms with van der Waals surface area (Å²) in [7, 11) is 1.75. The lowest BCUT2D eigenvalue weighted by Gasteiger charge is -2.23. The molecule has 3 aromatic rings. The van der Waals surface area contributed by atoms with Crippen molar-refractivity contribution in [2.45, 2.75) is 19.8 Å². The van der Waals surface area contributed by atoms with Gasteiger partial charge in [-0.3, -0.25) is 4.99 Å². The van der Waals surface area contributed by atoms with Gasteiger partial charge >= 0.3 is 5.97 Å². The molecule has 7 nitrogen and oxygen atoms in total. The molecule has 1 aliphatic rings. The van der Waals surface area contributed by atoms with Gasteiger partial charge in [0, 0.05) is 30.1 Å². The normalized spacial score (nSPS) is 13.7. The van der Waals surface area contributed by atoms with Crippen molar-refractivity contribution in [1.82, 2.24) is 9.97 Å². The van der Waals surface area contributed by atoms with Gasteiger partial charge in [-0.25, -0.2) is 14.8 Å². The SMILES string of the molecule is CN=C(C1=C(N)CCc2cnc(Nc3ccc(C(=O)O)cc3Cl)nc21)c1ccccc1C. The second-order valence-electron chi connectivity index (χ2n) is 7.48. The Bertz CT molecular complexity index is 1280. The van der Waals surface area contributed by atoms with Gasteiger partial charge in [-0.1, -0.05) is 35.9 Å². The highest BCUT2D eigenvalue weighted by Crippen LogP contribution is 2.33. The fraction of sp³-hybridized carbons (Fsp3) is 0.167. The van der Waals surface area contributed by atoms with Crippen LogP contribution in [-0.4, -0.2) is 33.8 Å². The minimum absolute atomic E-state index is 0.104. The third-order valence-electron chi connectivity index (χ3n) is 5.41. The van der Waals surface area contributed by atoms with E-state index in [4.69, 9.17) is 27.4 Å². The number of anilines is 2. The molecule has 0 saturated carbocycles. The van der Waals surface area contributed by atoms with E-state index in [1.54, 1.807) is 19.3 Å². The van der Waals surface area contributed by atoms with E-state index in [9.17, 15) is 4.79 Å². The predicted octanol–water partition coefficient (Wildman–Crippen LogP) is 4.62. The fourth-order valence-corrected chi connectivity index (χ4v) is 3.98. The number of aliphatic imine (C=N–C) groups is 1. The lowest BCUT2D eigenvalue weighted by molar-refractivity contribution is 0.0697. The average Bonchev–Trinajstić information content (AvgIpc) is 2.78. The number of carboxylic acid groups (broad SMARTS) is 1. The second kappa shape index (κ2) is 8.80. The Morgan fingerprint density at radius 1 is 1.22 bits per heavy atom. The number of hydrogen-bond donors (Lipinski definition) is 3. The standard InChI is InChI=1S/C24H22ClN5O2/c1-13-5-3-4-6-16(13)22(27-2)20-18(26)9-7-15-12-28-24(30-21(15)20)29-19-10-8-14(23(31)32)11-17(19)25/h3-6,8,10-12H,7,9,26H2,1-2H3,(H,31,32)(H,28,29,30). The van der Waals surface area contributed by atoms with Gasteiger partial charge < -0.3 is 16.2 Å². The van der Waals surface area contributed by atoms with Gasteiger partial charge in [0.05, 0.1) is 27.7 Å². The maximum Gasteiger partial charge on any atom is 0.335 e. The summed E-state index contributed by atoms with van der Waals surface area (Å²) in [5, 5.41) is 12.5. The molecule has 8 heteroatoms. The highest BCUT2D eigenvalue weighted by atomic mass is 35.5. The minimum Gasteiger partial charge on any atom is -0.478 e. The topological polar surface area (TPSA) is 113 Å². The van der Waals surface area contributed by atoms with Crippen molar-refractivity contribution in [2.75, 3.05) is 12.4 Å². The van der Waals surface area contributed by atoms with E-state index >= 15 is 0 Å². The van der Waals surface area contributed by atoms with Gasteiger partial charge in [0.15, 0.2) is 0 Å². The van der Waals surface area contributed by atoms with E-state index < -0.39 is 5.97 Å². The highest BCUT2D eigenvalue weighted by molar-refractivity contribution is 6.34. The van der Waals surface area contributed by atoms with Gasteiger partial charge in [-0.05, 0) is 49.1 Å². The third kappa shape index (κ3) is 4.07. The molecule has 0 radical (unpaired) electrons. The predicted molar refractivity (Wildman–Crippen MR) is 127 cm³/mol. The van der Waals surface area contributed by atoms with Crippen molar-refractivity contribution in [3.63, 3.8) is 0 Å². The van der Waals surface area contributed by atoms with Crippen LogP contribution in [0.25, 0.3) is 5.57 Å². The maximum absolute atomic E-state index is 11.2. The van der Waals surface area contributed by atoms with Gasteiger partial charge in [0.25, 0.3) is 0 Å². The van der Waals surface area contributed by atoms with Crippen LogP contribution in [0, 0.1) is 6.92 Å². The largest absolute Gasteiger partial charge is 0.478 e. The molecule has 0 amide bonds. The first-order valence-electron chi connectivity index (χ1n) is 10.1. The van der Waals surface area contributed by atoms with E-state index in [0.717, 1.165) is 45.8 Å². The molecule has 162 valence electrons. The molecule has 0 bridgehead atoms. The molecule has 32 heavy (non-hydrogen) atoms. The number of halogens is 1. The second-order valence-corrected chi connectivity index (χ2v) is 7.89. The molecule has 0 saturated heterocycles. The van der Waals surface area contributed by atoms with Crippen LogP contribution >= 0.6 is 11.6 Å². The number of aryl methyl sites for hydroxylation is 2. The summed E-state index contributed by atoms with van der Waals surface area (Å²) in [4.78, 5) is 24.9. The Kier molecular flexibility index (Phi) is 5.92. The molecule has 0 spiro atoms. The smallest absolute Gasteiger partial charge is 0.335 e. The molecule has 0 fully saturated rings. The number of carboxylic acids is 1. The van der Waals surface area contributed by atoms with Gasteiger partial charge in [-0.15, -0.1) is 0 Å². The van der Waals surface area contributed by atoms with Crippen LogP contribution in [0.3, 0.4) is 0 Å². The van der Waals surface area contributed by atoms with Crippen molar-refractivity contribution >= 4 is 40.5 Å². The first-order chi connectivity index (χ1) is 15.4. The number of benzene rings is 2. The number of nitrogens with one attached hydrogen (secondary N) is 1. The van der Waals surface area contributed by atoms with Crippen LogP contribution in [-0.2, 0) is 6.42 Å².